The monoisotopic (exact) mass is 387 g/mol. The van der Waals surface area contributed by atoms with Gasteiger partial charge in [-0.05, 0) is 37.5 Å². The first-order valence-electron chi connectivity index (χ1n) is 9.79. The molecule has 29 heavy (non-hydrogen) atoms. The van der Waals surface area contributed by atoms with Gasteiger partial charge in [0.1, 0.15) is 5.52 Å². The second-order valence-corrected chi connectivity index (χ2v) is 7.51. The Bertz CT molecular complexity index is 1170. The van der Waals surface area contributed by atoms with E-state index in [1.54, 1.807) is 7.11 Å². The van der Waals surface area contributed by atoms with Crippen molar-refractivity contribution in [1.29, 1.82) is 0 Å². The number of hydrogen-bond donors (Lipinski definition) is 0. The number of hydrogen-bond acceptors (Lipinski definition) is 5. The number of methoxy groups -OCH3 is 1. The highest BCUT2D eigenvalue weighted by atomic mass is 16.5. The van der Waals surface area contributed by atoms with Crippen LogP contribution in [0.5, 0.6) is 5.88 Å². The summed E-state index contributed by atoms with van der Waals surface area (Å²) in [5.74, 6) is 0.897. The number of aryl methyl sites for hydroxylation is 2. The summed E-state index contributed by atoms with van der Waals surface area (Å²) in [4.78, 5) is 14.4. The predicted molar refractivity (Wildman–Crippen MR) is 114 cm³/mol. The molecule has 6 heteroatoms. The van der Waals surface area contributed by atoms with Crippen molar-refractivity contribution in [3.05, 3.63) is 65.1 Å². The maximum atomic E-state index is 5.57. The zero-order chi connectivity index (χ0) is 20.5. The molecule has 3 aromatic heterocycles. The topological polar surface area (TPSA) is 65.7 Å². The van der Waals surface area contributed by atoms with Gasteiger partial charge in [0.05, 0.1) is 36.3 Å². The van der Waals surface area contributed by atoms with Crippen molar-refractivity contribution in [2.24, 2.45) is 0 Å². The highest BCUT2D eigenvalue weighted by molar-refractivity contribution is 5.79. The third-order valence-electron chi connectivity index (χ3n) is 5.01. The van der Waals surface area contributed by atoms with Crippen LogP contribution in [-0.2, 0) is 6.54 Å². The molecule has 0 aliphatic carbocycles. The Morgan fingerprint density at radius 2 is 1.69 bits per heavy atom. The lowest BCUT2D eigenvalue weighted by Crippen LogP contribution is -2.05. The fraction of sp³-hybridized carbons (Fsp3) is 0.304. The van der Waals surface area contributed by atoms with Gasteiger partial charge < -0.3 is 4.74 Å². The Labute approximate surface area is 170 Å². The van der Waals surface area contributed by atoms with Gasteiger partial charge in [-0.25, -0.2) is 19.6 Å². The van der Waals surface area contributed by atoms with Crippen LogP contribution in [0.15, 0.2) is 42.5 Å². The van der Waals surface area contributed by atoms with Gasteiger partial charge in [0, 0.05) is 5.69 Å². The fourth-order valence-corrected chi connectivity index (χ4v) is 3.44. The molecule has 0 saturated heterocycles. The minimum absolute atomic E-state index is 0.325. The molecule has 4 rings (SSSR count). The molecule has 0 unspecified atom stereocenters. The normalized spacial score (nSPS) is 11.4. The summed E-state index contributed by atoms with van der Waals surface area (Å²) < 4.78 is 7.49. The van der Waals surface area contributed by atoms with E-state index in [4.69, 9.17) is 14.7 Å². The molecular formula is C23H25N5O. The average molecular weight is 387 g/mol. The third kappa shape index (κ3) is 3.58. The van der Waals surface area contributed by atoms with Crippen LogP contribution in [0, 0.1) is 13.8 Å². The van der Waals surface area contributed by atoms with E-state index in [0.717, 1.165) is 39.5 Å². The molecule has 6 nitrogen and oxygen atoms in total. The number of benzene rings is 1. The largest absolute Gasteiger partial charge is 0.480 e. The predicted octanol–water partition coefficient (Wildman–Crippen LogP) is 4.69. The highest BCUT2D eigenvalue weighted by Crippen LogP contribution is 2.32. The van der Waals surface area contributed by atoms with Crippen LogP contribution in [0.3, 0.4) is 0 Å². The Kier molecular flexibility index (Phi) is 5.01. The first-order chi connectivity index (χ1) is 14.0. The Morgan fingerprint density at radius 3 is 2.38 bits per heavy atom. The number of aromatic nitrogens is 5. The summed E-state index contributed by atoms with van der Waals surface area (Å²) in [5, 5.41) is 4.69. The summed E-state index contributed by atoms with van der Waals surface area (Å²) in [6, 6.07) is 14.3. The lowest BCUT2D eigenvalue weighted by Gasteiger charge is -2.12. The van der Waals surface area contributed by atoms with E-state index in [1.807, 2.05) is 48.9 Å². The van der Waals surface area contributed by atoms with Crippen molar-refractivity contribution in [2.45, 2.75) is 40.2 Å². The Hall–Kier alpha value is -3.28. The standard InChI is InChI=1S/C23H25N5O/c1-14(2)19-12-11-18(23(25-19)29-5)20-15(3)24-22-21(26-20)16(4)27-28(22)13-17-9-7-6-8-10-17/h6-12,14H,13H2,1-5H3. The fourth-order valence-electron chi connectivity index (χ4n) is 3.44. The van der Waals surface area contributed by atoms with Gasteiger partial charge in [0.15, 0.2) is 5.65 Å². The Morgan fingerprint density at radius 1 is 0.931 bits per heavy atom. The summed E-state index contributed by atoms with van der Waals surface area (Å²) in [5.41, 5.74) is 7.06. The van der Waals surface area contributed by atoms with Crippen molar-refractivity contribution in [2.75, 3.05) is 7.11 Å². The zero-order valence-corrected chi connectivity index (χ0v) is 17.5. The zero-order valence-electron chi connectivity index (χ0n) is 17.5. The van der Waals surface area contributed by atoms with Gasteiger partial charge in [0.25, 0.3) is 0 Å². The molecule has 0 aliphatic heterocycles. The minimum Gasteiger partial charge on any atom is -0.480 e. The number of fused-ring (bicyclic) bond motifs is 1. The van der Waals surface area contributed by atoms with Crippen LogP contribution in [0.2, 0.25) is 0 Å². The van der Waals surface area contributed by atoms with Crippen LogP contribution >= 0.6 is 0 Å². The van der Waals surface area contributed by atoms with Crippen molar-refractivity contribution in [1.82, 2.24) is 24.7 Å². The smallest absolute Gasteiger partial charge is 0.222 e. The van der Waals surface area contributed by atoms with Crippen molar-refractivity contribution in [3.63, 3.8) is 0 Å². The lowest BCUT2D eigenvalue weighted by molar-refractivity contribution is 0.397. The van der Waals surface area contributed by atoms with Gasteiger partial charge >= 0.3 is 0 Å². The van der Waals surface area contributed by atoms with Crippen LogP contribution in [-0.4, -0.2) is 31.8 Å². The summed E-state index contributed by atoms with van der Waals surface area (Å²) in [6.07, 6.45) is 0. The molecule has 0 amide bonds. The van der Waals surface area contributed by atoms with Gasteiger partial charge in [0.2, 0.25) is 5.88 Å². The highest BCUT2D eigenvalue weighted by Gasteiger charge is 2.19. The molecular weight excluding hydrogens is 362 g/mol. The van der Waals surface area contributed by atoms with Crippen LogP contribution in [0.4, 0.5) is 0 Å². The number of pyridine rings is 1. The van der Waals surface area contributed by atoms with Gasteiger partial charge in [-0.1, -0.05) is 44.2 Å². The molecule has 3 heterocycles. The molecule has 0 spiro atoms. The lowest BCUT2D eigenvalue weighted by atomic mass is 10.1. The molecule has 0 saturated carbocycles. The number of ether oxygens (including phenoxy) is 1. The molecule has 0 radical (unpaired) electrons. The SMILES string of the molecule is COc1nc(C(C)C)ccc1-c1nc2c(C)nn(Cc3ccccc3)c2nc1C. The molecule has 0 bridgehead atoms. The summed E-state index contributed by atoms with van der Waals surface area (Å²) >= 11 is 0. The molecule has 1 aromatic carbocycles. The van der Waals surface area contributed by atoms with E-state index >= 15 is 0 Å². The summed E-state index contributed by atoms with van der Waals surface area (Å²) in [6.45, 7) is 8.82. The minimum atomic E-state index is 0.325. The van der Waals surface area contributed by atoms with E-state index in [9.17, 15) is 0 Å². The maximum absolute atomic E-state index is 5.57. The third-order valence-corrected chi connectivity index (χ3v) is 5.01. The average Bonchev–Trinajstić information content (AvgIpc) is 3.02. The van der Waals surface area contributed by atoms with Crippen molar-refractivity contribution in [3.8, 4) is 17.1 Å². The second kappa shape index (κ2) is 7.62. The first-order valence-corrected chi connectivity index (χ1v) is 9.79. The van der Waals surface area contributed by atoms with Crippen LogP contribution in [0.1, 0.15) is 42.4 Å². The maximum Gasteiger partial charge on any atom is 0.222 e. The van der Waals surface area contributed by atoms with Crippen molar-refractivity contribution < 1.29 is 4.74 Å². The number of rotatable bonds is 5. The van der Waals surface area contributed by atoms with Crippen LogP contribution < -0.4 is 4.74 Å². The molecule has 0 N–H and O–H groups in total. The Balaban J connectivity index is 1.82. The molecule has 148 valence electrons. The van der Waals surface area contributed by atoms with E-state index < -0.39 is 0 Å². The van der Waals surface area contributed by atoms with E-state index in [-0.39, 0.29) is 0 Å². The molecule has 0 fully saturated rings. The van der Waals surface area contributed by atoms with E-state index in [1.165, 1.54) is 5.56 Å². The van der Waals surface area contributed by atoms with Crippen molar-refractivity contribution >= 4 is 11.2 Å². The quantitative estimate of drug-likeness (QED) is 0.497. The van der Waals surface area contributed by atoms with Crippen LogP contribution in [0.25, 0.3) is 22.4 Å². The summed E-state index contributed by atoms with van der Waals surface area (Å²) in [7, 11) is 1.64. The second-order valence-electron chi connectivity index (χ2n) is 7.51. The van der Waals surface area contributed by atoms with E-state index in [0.29, 0.717) is 18.3 Å². The number of nitrogens with zero attached hydrogens (tertiary/aromatic N) is 5. The molecule has 4 aromatic rings. The molecule has 0 aliphatic rings. The molecule has 0 atom stereocenters. The van der Waals surface area contributed by atoms with Gasteiger partial charge in [-0.3, -0.25) is 0 Å². The van der Waals surface area contributed by atoms with Gasteiger partial charge in [-0.2, -0.15) is 5.10 Å². The van der Waals surface area contributed by atoms with Gasteiger partial charge in [-0.15, -0.1) is 0 Å². The first kappa shape index (κ1) is 19.1. The van der Waals surface area contributed by atoms with E-state index in [2.05, 4.69) is 36.1 Å².